The van der Waals surface area contributed by atoms with Gasteiger partial charge in [0.2, 0.25) is 0 Å². The smallest absolute Gasteiger partial charge is 0.438 e. The molecule has 0 aromatic carbocycles. The number of carbonyl (C=O) groups excluding carboxylic acids is 2. The maximum Gasteiger partial charge on any atom is 0.438 e. The number of esters is 2. The lowest BCUT2D eigenvalue weighted by atomic mass is 9.66. The maximum atomic E-state index is 13.6. The molecule has 0 spiro atoms. The highest BCUT2D eigenvalue weighted by Crippen LogP contribution is 2.65. The predicted molar refractivity (Wildman–Crippen MR) is 89.9 cm³/mol. The number of rotatable bonds is 7. The van der Waals surface area contributed by atoms with Gasteiger partial charge in [0, 0.05) is 11.8 Å². The van der Waals surface area contributed by atoms with Gasteiger partial charge >= 0.3 is 29.9 Å². The molecular formula is C17H18F6O9S. The third kappa shape index (κ3) is 3.69. The fraction of sp³-hybridized carbons (Fsp3) is 0.882. The van der Waals surface area contributed by atoms with Crippen LogP contribution in [0.15, 0.2) is 0 Å². The Labute approximate surface area is 182 Å². The van der Waals surface area contributed by atoms with E-state index in [4.69, 9.17) is 18.8 Å². The first-order valence-electron chi connectivity index (χ1n) is 9.68. The molecule has 2 saturated carbocycles. The highest BCUT2D eigenvalue weighted by molar-refractivity contribution is 7.85. The van der Waals surface area contributed by atoms with Gasteiger partial charge in [-0.3, -0.25) is 14.1 Å². The van der Waals surface area contributed by atoms with Crippen molar-refractivity contribution in [2.45, 2.75) is 49.6 Å². The molecule has 4 aliphatic rings. The normalized spacial score (nSPS) is 37.9. The topological polar surface area (TPSA) is 129 Å². The number of halogens is 6. The minimum Gasteiger partial charge on any atom is -0.459 e. The lowest BCUT2D eigenvalue weighted by molar-refractivity contribution is -0.364. The minimum atomic E-state index is -6.47. The van der Waals surface area contributed by atoms with E-state index in [0.29, 0.717) is 6.61 Å². The summed E-state index contributed by atoms with van der Waals surface area (Å²) in [6.07, 6.45) is -15.0. The van der Waals surface area contributed by atoms with E-state index in [1.54, 1.807) is 0 Å². The summed E-state index contributed by atoms with van der Waals surface area (Å²) in [6.45, 7) is 1.36. The van der Waals surface area contributed by atoms with Crippen LogP contribution in [-0.4, -0.2) is 80.1 Å². The van der Waals surface area contributed by atoms with Crippen LogP contribution in [0.4, 0.5) is 26.3 Å². The third-order valence-corrected chi connectivity index (χ3v) is 7.68. The van der Waals surface area contributed by atoms with E-state index in [1.807, 2.05) is 0 Å². The molecule has 1 N–H and O–H groups in total. The van der Waals surface area contributed by atoms with E-state index < -0.39 is 81.1 Å². The average Bonchev–Trinajstić information content (AvgIpc) is 3.23. The molecule has 188 valence electrons. The molecule has 2 saturated heterocycles. The van der Waals surface area contributed by atoms with Crippen LogP contribution in [0.1, 0.15) is 13.3 Å². The molecule has 16 heteroatoms. The van der Waals surface area contributed by atoms with Crippen molar-refractivity contribution in [1.82, 2.24) is 0 Å². The Morgan fingerprint density at radius 3 is 2.27 bits per heavy atom. The second-order valence-electron chi connectivity index (χ2n) is 8.86. The summed E-state index contributed by atoms with van der Waals surface area (Å²) < 4.78 is 132. The first-order chi connectivity index (χ1) is 14.9. The molecule has 9 nitrogen and oxygen atoms in total. The molecule has 4 rings (SSSR count). The Morgan fingerprint density at radius 1 is 1.21 bits per heavy atom. The second-order valence-corrected chi connectivity index (χ2v) is 10.3. The monoisotopic (exact) mass is 512 g/mol. The molecule has 2 bridgehead atoms. The van der Waals surface area contributed by atoms with Crippen LogP contribution in [0.3, 0.4) is 0 Å². The highest BCUT2D eigenvalue weighted by Gasteiger charge is 2.79. The van der Waals surface area contributed by atoms with Crippen molar-refractivity contribution in [2.75, 3.05) is 19.0 Å². The molecule has 2 aliphatic heterocycles. The summed E-state index contributed by atoms with van der Waals surface area (Å²) in [7, 11) is -5.94. The van der Waals surface area contributed by atoms with Gasteiger partial charge in [0.25, 0.3) is 10.1 Å². The van der Waals surface area contributed by atoms with E-state index >= 15 is 0 Å². The highest BCUT2D eigenvalue weighted by atomic mass is 32.2. The number of hydrogen-bond donors (Lipinski definition) is 1. The molecule has 7 unspecified atom stereocenters. The maximum absolute atomic E-state index is 13.6. The van der Waals surface area contributed by atoms with Gasteiger partial charge in [-0.05, 0) is 13.3 Å². The number of alkyl halides is 6. The van der Waals surface area contributed by atoms with E-state index in [0.717, 1.165) is 6.92 Å². The standard InChI is InChI=1S/C17H18F6O9S/c1-14(13(25)32-15(16(18,19)20,17(21,22)23)5-33(26,27)28)8-2-7-9(14)12(24)31-10(7)11(8)30-4-6-3-29-6/h6-11H,2-5H2,1H3,(H,26,27,28). The van der Waals surface area contributed by atoms with Crippen molar-refractivity contribution in [3.63, 3.8) is 0 Å². The second kappa shape index (κ2) is 7.18. The van der Waals surface area contributed by atoms with Crippen molar-refractivity contribution in [3.8, 4) is 0 Å². The van der Waals surface area contributed by atoms with Gasteiger partial charge in [-0.25, -0.2) is 0 Å². The predicted octanol–water partition coefficient (Wildman–Crippen LogP) is 1.26. The van der Waals surface area contributed by atoms with Crippen LogP contribution in [-0.2, 0) is 38.7 Å². The van der Waals surface area contributed by atoms with Crippen molar-refractivity contribution >= 4 is 22.1 Å². The summed E-state index contributed by atoms with van der Waals surface area (Å²) in [4.78, 5) is 25.4. The van der Waals surface area contributed by atoms with Crippen molar-refractivity contribution in [3.05, 3.63) is 0 Å². The fourth-order valence-corrected chi connectivity index (χ4v) is 6.17. The van der Waals surface area contributed by atoms with E-state index in [9.17, 15) is 44.3 Å². The van der Waals surface area contributed by atoms with Crippen molar-refractivity contribution in [1.29, 1.82) is 0 Å². The molecule has 0 aromatic heterocycles. The quantitative estimate of drug-likeness (QED) is 0.232. The SMILES string of the molecule is CC1(C(=O)OC(CS(=O)(=O)O)(C(F)(F)F)C(F)(F)F)C2CC3C(OC(=O)C31)C2OCC1CO1. The Kier molecular flexibility index (Phi) is 5.32. The van der Waals surface area contributed by atoms with Crippen LogP contribution in [0, 0.1) is 23.2 Å². The largest absolute Gasteiger partial charge is 0.459 e. The Morgan fingerprint density at radius 2 is 1.79 bits per heavy atom. The average molecular weight is 512 g/mol. The molecule has 4 fully saturated rings. The van der Waals surface area contributed by atoms with Crippen LogP contribution in [0.2, 0.25) is 0 Å². The van der Waals surface area contributed by atoms with Gasteiger partial charge in [-0.2, -0.15) is 34.8 Å². The number of ether oxygens (including phenoxy) is 4. The third-order valence-electron chi connectivity index (χ3n) is 6.90. The summed E-state index contributed by atoms with van der Waals surface area (Å²) in [5, 5.41) is 0. The van der Waals surface area contributed by atoms with Crippen LogP contribution < -0.4 is 0 Å². The molecular weight excluding hydrogens is 494 g/mol. The summed E-state index contributed by atoms with van der Waals surface area (Å²) in [6, 6.07) is 0. The van der Waals surface area contributed by atoms with Crippen LogP contribution >= 0.6 is 0 Å². The summed E-state index contributed by atoms with van der Waals surface area (Å²) in [5.41, 5.74) is -7.79. The van der Waals surface area contributed by atoms with Gasteiger partial charge < -0.3 is 18.9 Å². The zero-order valence-corrected chi connectivity index (χ0v) is 17.5. The molecule has 2 aliphatic carbocycles. The van der Waals surface area contributed by atoms with Crippen molar-refractivity contribution < 1.29 is 67.8 Å². The molecule has 0 amide bonds. The molecule has 0 radical (unpaired) electrons. The van der Waals surface area contributed by atoms with Crippen molar-refractivity contribution in [2.24, 2.45) is 23.2 Å². The lowest BCUT2D eigenvalue weighted by Gasteiger charge is -2.42. The Balaban J connectivity index is 1.71. The number of fused-ring (bicyclic) bond motifs is 1. The van der Waals surface area contributed by atoms with E-state index in [2.05, 4.69) is 4.74 Å². The fourth-order valence-electron chi connectivity index (χ4n) is 5.27. The molecule has 2 heterocycles. The summed E-state index contributed by atoms with van der Waals surface area (Å²) >= 11 is 0. The van der Waals surface area contributed by atoms with Gasteiger partial charge in [-0.1, -0.05) is 0 Å². The van der Waals surface area contributed by atoms with E-state index in [1.165, 1.54) is 0 Å². The van der Waals surface area contributed by atoms with Gasteiger partial charge in [0.1, 0.15) is 18.0 Å². The Hall–Kier alpha value is -1.65. The molecule has 7 atom stereocenters. The van der Waals surface area contributed by atoms with E-state index in [-0.39, 0.29) is 19.1 Å². The number of carbonyl (C=O) groups is 2. The number of epoxide rings is 1. The zero-order valence-electron chi connectivity index (χ0n) is 16.7. The lowest BCUT2D eigenvalue weighted by Crippen LogP contribution is -2.65. The van der Waals surface area contributed by atoms with Gasteiger partial charge in [0.15, 0.2) is 0 Å². The Bertz CT molecular complexity index is 945. The first kappa shape index (κ1) is 24.5. The van der Waals surface area contributed by atoms with Gasteiger partial charge in [0.05, 0.1) is 30.7 Å². The minimum absolute atomic E-state index is 0.00945. The molecule has 33 heavy (non-hydrogen) atoms. The summed E-state index contributed by atoms with van der Waals surface area (Å²) in [5.74, 6) is -9.24. The van der Waals surface area contributed by atoms with Crippen LogP contribution in [0.25, 0.3) is 0 Å². The number of hydrogen-bond acceptors (Lipinski definition) is 8. The van der Waals surface area contributed by atoms with Gasteiger partial charge in [-0.15, -0.1) is 0 Å². The first-order valence-corrected chi connectivity index (χ1v) is 11.3. The van der Waals surface area contributed by atoms with Crippen LogP contribution in [0.5, 0.6) is 0 Å². The molecule has 0 aromatic rings. The zero-order chi connectivity index (χ0) is 24.8.